The van der Waals surface area contributed by atoms with Crippen LogP contribution in [-0.2, 0) is 16.1 Å². The summed E-state index contributed by atoms with van der Waals surface area (Å²) in [4.78, 5) is 43.3. The molecule has 1 aromatic heterocycles. The first kappa shape index (κ1) is 21.6. The lowest BCUT2D eigenvalue weighted by Crippen LogP contribution is -2.39. The van der Waals surface area contributed by atoms with E-state index < -0.39 is 23.6 Å². The molecule has 162 valence electrons. The second-order valence-corrected chi connectivity index (χ2v) is 7.65. The number of ether oxygens (including phenoxy) is 1. The number of pyridine rings is 1. The standard InChI is InChI=1S/C24H18ClFN2O4/c25-21-18(9-5-13-27-21)23(30)28(22(29)16-11-12-16)19-10-4-8-17(20(19)26)24(31)32-14-15-6-2-1-3-7-15/h1-10,13,16H,11-12,14H2. The zero-order chi connectivity index (χ0) is 22.7. The summed E-state index contributed by atoms with van der Waals surface area (Å²) in [5, 5.41) is -0.107. The highest BCUT2D eigenvalue weighted by Crippen LogP contribution is 2.35. The van der Waals surface area contributed by atoms with Gasteiger partial charge in [0.05, 0.1) is 16.8 Å². The number of anilines is 1. The van der Waals surface area contributed by atoms with E-state index in [1.54, 1.807) is 24.3 Å². The fourth-order valence-corrected chi connectivity index (χ4v) is 3.36. The van der Waals surface area contributed by atoms with Crippen molar-refractivity contribution in [2.24, 2.45) is 5.92 Å². The van der Waals surface area contributed by atoms with Gasteiger partial charge in [-0.2, -0.15) is 0 Å². The first-order chi connectivity index (χ1) is 15.5. The molecule has 0 spiro atoms. The molecule has 0 saturated heterocycles. The Hall–Kier alpha value is -3.58. The summed E-state index contributed by atoms with van der Waals surface area (Å²) >= 11 is 6.03. The summed E-state index contributed by atoms with van der Waals surface area (Å²) in [6.45, 7) is -0.0434. The maximum atomic E-state index is 15.4. The van der Waals surface area contributed by atoms with Gasteiger partial charge < -0.3 is 4.74 Å². The maximum Gasteiger partial charge on any atom is 0.341 e. The predicted molar refractivity (Wildman–Crippen MR) is 116 cm³/mol. The number of amides is 2. The highest BCUT2D eigenvalue weighted by Gasteiger charge is 2.39. The lowest BCUT2D eigenvalue weighted by Gasteiger charge is -2.22. The number of benzene rings is 2. The van der Waals surface area contributed by atoms with E-state index >= 15 is 4.39 Å². The molecular formula is C24H18ClFN2O4. The Kier molecular flexibility index (Phi) is 6.28. The minimum atomic E-state index is -1.02. The molecule has 1 fully saturated rings. The van der Waals surface area contributed by atoms with Crippen molar-refractivity contribution < 1.29 is 23.5 Å². The minimum Gasteiger partial charge on any atom is -0.457 e. The lowest BCUT2D eigenvalue weighted by molar-refractivity contribution is -0.119. The highest BCUT2D eigenvalue weighted by atomic mass is 35.5. The van der Waals surface area contributed by atoms with Crippen molar-refractivity contribution in [2.75, 3.05) is 4.90 Å². The summed E-state index contributed by atoms with van der Waals surface area (Å²) in [5.74, 6) is -3.67. The Bertz CT molecular complexity index is 1180. The van der Waals surface area contributed by atoms with Gasteiger partial charge in [0, 0.05) is 12.1 Å². The molecule has 2 aromatic carbocycles. The van der Waals surface area contributed by atoms with Crippen LogP contribution in [0.5, 0.6) is 0 Å². The van der Waals surface area contributed by atoms with Crippen LogP contribution in [0.25, 0.3) is 0 Å². The average Bonchev–Trinajstić information content (AvgIpc) is 3.65. The molecule has 1 heterocycles. The number of carbonyl (C=O) groups is 3. The third-order valence-electron chi connectivity index (χ3n) is 4.99. The molecule has 1 saturated carbocycles. The van der Waals surface area contributed by atoms with Crippen LogP contribution in [0.3, 0.4) is 0 Å². The number of nitrogens with zero attached hydrogens (tertiary/aromatic N) is 2. The van der Waals surface area contributed by atoms with Gasteiger partial charge in [-0.15, -0.1) is 0 Å². The largest absolute Gasteiger partial charge is 0.457 e. The van der Waals surface area contributed by atoms with Crippen LogP contribution in [0.4, 0.5) is 10.1 Å². The Labute approximate surface area is 188 Å². The summed E-state index contributed by atoms with van der Waals surface area (Å²) in [5.41, 5.74) is -0.0120. The number of hydrogen-bond acceptors (Lipinski definition) is 5. The Morgan fingerprint density at radius 2 is 1.72 bits per heavy atom. The third-order valence-corrected chi connectivity index (χ3v) is 5.29. The first-order valence-corrected chi connectivity index (χ1v) is 10.3. The zero-order valence-corrected chi connectivity index (χ0v) is 17.6. The van der Waals surface area contributed by atoms with Crippen molar-refractivity contribution >= 4 is 35.1 Å². The van der Waals surface area contributed by atoms with E-state index in [-0.39, 0.29) is 34.5 Å². The summed E-state index contributed by atoms with van der Waals surface area (Å²) in [7, 11) is 0. The molecular weight excluding hydrogens is 435 g/mol. The number of rotatable bonds is 6. The molecule has 1 aliphatic rings. The number of hydrogen-bond donors (Lipinski definition) is 0. The van der Waals surface area contributed by atoms with Gasteiger partial charge in [0.15, 0.2) is 5.82 Å². The predicted octanol–water partition coefficient (Wildman–Crippen LogP) is 4.81. The van der Waals surface area contributed by atoms with Crippen molar-refractivity contribution in [3.05, 3.63) is 94.5 Å². The van der Waals surface area contributed by atoms with Crippen LogP contribution in [0.15, 0.2) is 66.9 Å². The molecule has 0 N–H and O–H groups in total. The Balaban J connectivity index is 1.66. The molecule has 0 atom stereocenters. The van der Waals surface area contributed by atoms with E-state index in [1.807, 2.05) is 6.07 Å². The van der Waals surface area contributed by atoms with E-state index in [0.29, 0.717) is 12.8 Å². The van der Waals surface area contributed by atoms with Crippen molar-refractivity contribution in [2.45, 2.75) is 19.4 Å². The molecule has 3 aromatic rings. The average molecular weight is 453 g/mol. The minimum absolute atomic E-state index is 0.0420. The molecule has 0 bridgehead atoms. The van der Waals surface area contributed by atoms with Crippen LogP contribution >= 0.6 is 11.6 Å². The van der Waals surface area contributed by atoms with Crippen molar-refractivity contribution in [1.82, 2.24) is 4.98 Å². The molecule has 0 aliphatic heterocycles. The molecule has 1 aliphatic carbocycles. The summed E-state index contributed by atoms with van der Waals surface area (Å²) in [6, 6.07) is 15.8. The Morgan fingerprint density at radius 3 is 2.41 bits per heavy atom. The van der Waals surface area contributed by atoms with Gasteiger partial charge in [0.1, 0.15) is 11.8 Å². The van der Waals surface area contributed by atoms with Gasteiger partial charge >= 0.3 is 5.97 Å². The van der Waals surface area contributed by atoms with E-state index in [2.05, 4.69) is 4.98 Å². The smallest absolute Gasteiger partial charge is 0.341 e. The van der Waals surface area contributed by atoms with Gasteiger partial charge in [-0.25, -0.2) is 19.1 Å². The fraction of sp³-hybridized carbons (Fsp3) is 0.167. The van der Waals surface area contributed by atoms with Gasteiger partial charge in [-0.3, -0.25) is 9.59 Å². The maximum absolute atomic E-state index is 15.4. The van der Waals surface area contributed by atoms with Crippen LogP contribution in [0, 0.1) is 11.7 Å². The SMILES string of the molecule is O=C(OCc1ccccc1)c1cccc(N(C(=O)c2cccnc2Cl)C(=O)C2CC2)c1F. The van der Waals surface area contributed by atoms with Crippen molar-refractivity contribution in [3.8, 4) is 0 Å². The summed E-state index contributed by atoms with van der Waals surface area (Å²) < 4.78 is 20.6. The van der Waals surface area contributed by atoms with Crippen LogP contribution in [0.2, 0.25) is 5.15 Å². The Morgan fingerprint density at radius 1 is 1.00 bits per heavy atom. The zero-order valence-electron chi connectivity index (χ0n) is 16.8. The lowest BCUT2D eigenvalue weighted by atomic mass is 10.1. The molecule has 0 radical (unpaired) electrons. The number of esters is 1. The molecule has 8 heteroatoms. The van der Waals surface area contributed by atoms with Crippen LogP contribution in [-0.4, -0.2) is 22.8 Å². The number of carbonyl (C=O) groups excluding carboxylic acids is 3. The first-order valence-electron chi connectivity index (χ1n) is 9.95. The fourth-order valence-electron chi connectivity index (χ4n) is 3.16. The van der Waals surface area contributed by atoms with Crippen molar-refractivity contribution in [1.29, 1.82) is 0 Å². The van der Waals surface area contributed by atoms with E-state index in [1.165, 1.54) is 36.5 Å². The van der Waals surface area contributed by atoms with Crippen LogP contribution < -0.4 is 4.90 Å². The van der Waals surface area contributed by atoms with E-state index in [9.17, 15) is 14.4 Å². The molecule has 32 heavy (non-hydrogen) atoms. The topological polar surface area (TPSA) is 76.6 Å². The van der Waals surface area contributed by atoms with Gasteiger partial charge in [-0.05, 0) is 42.7 Å². The third kappa shape index (κ3) is 4.53. The van der Waals surface area contributed by atoms with Gasteiger partial charge in [0.25, 0.3) is 5.91 Å². The van der Waals surface area contributed by atoms with Gasteiger partial charge in [0.2, 0.25) is 5.91 Å². The summed E-state index contributed by atoms with van der Waals surface area (Å²) in [6.07, 6.45) is 2.60. The van der Waals surface area contributed by atoms with Gasteiger partial charge in [-0.1, -0.05) is 48.0 Å². The second kappa shape index (κ2) is 9.28. The van der Waals surface area contributed by atoms with Crippen LogP contribution in [0.1, 0.15) is 39.1 Å². The molecule has 6 nitrogen and oxygen atoms in total. The molecule has 2 amide bonds. The number of aromatic nitrogens is 1. The molecule has 4 rings (SSSR count). The number of imide groups is 1. The normalized spacial score (nSPS) is 12.8. The highest BCUT2D eigenvalue weighted by molar-refractivity contribution is 6.35. The monoisotopic (exact) mass is 452 g/mol. The number of halogens is 2. The van der Waals surface area contributed by atoms with E-state index in [0.717, 1.165) is 10.5 Å². The van der Waals surface area contributed by atoms with E-state index in [4.69, 9.17) is 16.3 Å². The quantitative estimate of drug-likeness (QED) is 0.304. The molecule has 0 unspecified atom stereocenters. The van der Waals surface area contributed by atoms with Crippen molar-refractivity contribution in [3.63, 3.8) is 0 Å². The second-order valence-electron chi connectivity index (χ2n) is 7.30.